The Kier molecular flexibility index (Phi) is 4.23. The van der Waals surface area contributed by atoms with Crippen LogP contribution in [0.1, 0.15) is 25.5 Å². The molecule has 1 atom stereocenters. The van der Waals surface area contributed by atoms with Crippen LogP contribution in [-0.2, 0) is 9.53 Å². The lowest BCUT2D eigenvalue weighted by molar-refractivity contribution is -0.152. The highest BCUT2D eigenvalue weighted by Crippen LogP contribution is 2.34. The van der Waals surface area contributed by atoms with E-state index in [1.54, 1.807) is 33.0 Å². The van der Waals surface area contributed by atoms with Crippen molar-refractivity contribution in [2.24, 2.45) is 5.41 Å². The first kappa shape index (κ1) is 13.6. The summed E-state index contributed by atoms with van der Waals surface area (Å²) in [5.74, 6) is -0.597. The third-order valence-corrected chi connectivity index (χ3v) is 2.93. The van der Waals surface area contributed by atoms with Crippen molar-refractivity contribution >= 4 is 5.97 Å². The van der Waals surface area contributed by atoms with Crippen LogP contribution in [-0.4, -0.2) is 20.1 Å². The average Bonchev–Trinajstić information content (AvgIpc) is 2.31. The first-order chi connectivity index (χ1) is 7.93. The van der Waals surface area contributed by atoms with E-state index in [0.29, 0.717) is 0 Å². The maximum atomic E-state index is 12.9. The standard InChI is InChI=1S/C13H18FNO2/c1-13(2,12(16)17-4)11(15-3)9-5-7-10(14)8-6-9/h5-8,11,15H,1-4H3. The van der Waals surface area contributed by atoms with E-state index in [9.17, 15) is 9.18 Å². The number of carbonyl (C=O) groups excluding carboxylic acids is 1. The van der Waals surface area contributed by atoms with Crippen molar-refractivity contribution in [2.75, 3.05) is 14.2 Å². The van der Waals surface area contributed by atoms with Gasteiger partial charge in [-0.3, -0.25) is 4.79 Å². The predicted molar refractivity (Wildman–Crippen MR) is 64.0 cm³/mol. The molecule has 0 saturated heterocycles. The molecule has 0 fully saturated rings. The summed E-state index contributed by atoms with van der Waals surface area (Å²) in [7, 11) is 3.13. The van der Waals surface area contributed by atoms with Crippen LogP contribution in [0.4, 0.5) is 4.39 Å². The molecule has 0 heterocycles. The summed E-state index contributed by atoms with van der Waals surface area (Å²) in [6, 6.07) is 5.87. The zero-order chi connectivity index (χ0) is 13.1. The summed E-state index contributed by atoms with van der Waals surface area (Å²) < 4.78 is 17.7. The van der Waals surface area contributed by atoms with Crippen LogP contribution in [0.25, 0.3) is 0 Å². The minimum atomic E-state index is -0.721. The van der Waals surface area contributed by atoms with Crippen LogP contribution in [0.5, 0.6) is 0 Å². The second kappa shape index (κ2) is 5.27. The quantitative estimate of drug-likeness (QED) is 0.819. The normalized spacial score (nSPS) is 13.2. The Morgan fingerprint density at radius 2 is 1.88 bits per heavy atom. The molecule has 94 valence electrons. The van der Waals surface area contributed by atoms with E-state index in [2.05, 4.69) is 5.32 Å². The zero-order valence-electron chi connectivity index (χ0n) is 10.6. The summed E-state index contributed by atoms with van der Waals surface area (Å²) in [5, 5.41) is 3.07. The van der Waals surface area contributed by atoms with Gasteiger partial charge >= 0.3 is 5.97 Å². The van der Waals surface area contributed by atoms with Crippen molar-refractivity contribution in [1.82, 2.24) is 5.32 Å². The van der Waals surface area contributed by atoms with Gasteiger partial charge in [-0.15, -0.1) is 0 Å². The minimum Gasteiger partial charge on any atom is -0.469 e. The second-order valence-corrected chi connectivity index (χ2v) is 4.49. The molecular formula is C13H18FNO2. The Hall–Kier alpha value is -1.42. The van der Waals surface area contributed by atoms with Gasteiger partial charge in [-0.25, -0.2) is 4.39 Å². The molecule has 0 spiro atoms. The number of hydrogen-bond acceptors (Lipinski definition) is 3. The Balaban J connectivity index is 3.06. The van der Waals surface area contributed by atoms with Gasteiger partial charge in [0.15, 0.2) is 0 Å². The lowest BCUT2D eigenvalue weighted by Gasteiger charge is -2.31. The molecule has 0 aliphatic heterocycles. The molecule has 3 nitrogen and oxygen atoms in total. The highest BCUT2D eigenvalue weighted by Gasteiger charge is 2.37. The molecule has 1 aromatic rings. The number of carbonyl (C=O) groups is 1. The fourth-order valence-electron chi connectivity index (χ4n) is 1.98. The number of ether oxygens (including phenoxy) is 1. The largest absolute Gasteiger partial charge is 0.469 e. The lowest BCUT2D eigenvalue weighted by Crippen LogP contribution is -2.39. The van der Waals surface area contributed by atoms with Crippen LogP contribution >= 0.6 is 0 Å². The molecule has 0 amide bonds. The van der Waals surface area contributed by atoms with Crippen molar-refractivity contribution in [3.05, 3.63) is 35.6 Å². The third-order valence-electron chi connectivity index (χ3n) is 2.93. The summed E-state index contributed by atoms with van der Waals surface area (Å²) in [5.41, 5.74) is 0.130. The number of rotatable bonds is 4. The molecule has 0 bridgehead atoms. The highest BCUT2D eigenvalue weighted by atomic mass is 19.1. The molecule has 0 aliphatic carbocycles. The Labute approximate surface area is 101 Å². The van der Waals surface area contributed by atoms with E-state index in [0.717, 1.165) is 5.56 Å². The van der Waals surface area contributed by atoms with Gasteiger partial charge in [-0.1, -0.05) is 12.1 Å². The van der Waals surface area contributed by atoms with Crippen LogP contribution in [0.3, 0.4) is 0 Å². The smallest absolute Gasteiger partial charge is 0.313 e. The van der Waals surface area contributed by atoms with E-state index < -0.39 is 5.41 Å². The molecule has 4 heteroatoms. The van der Waals surface area contributed by atoms with E-state index in [-0.39, 0.29) is 17.8 Å². The number of methoxy groups -OCH3 is 1. The fourth-order valence-corrected chi connectivity index (χ4v) is 1.98. The van der Waals surface area contributed by atoms with E-state index in [4.69, 9.17) is 4.74 Å². The van der Waals surface area contributed by atoms with Crippen molar-refractivity contribution in [3.63, 3.8) is 0 Å². The second-order valence-electron chi connectivity index (χ2n) is 4.49. The number of halogens is 1. The van der Waals surface area contributed by atoms with Crippen LogP contribution in [0.2, 0.25) is 0 Å². The molecular weight excluding hydrogens is 221 g/mol. The summed E-state index contributed by atoms with van der Waals surface area (Å²) in [6.45, 7) is 3.59. The average molecular weight is 239 g/mol. The number of esters is 1. The first-order valence-electron chi connectivity index (χ1n) is 5.44. The summed E-state index contributed by atoms with van der Waals surface area (Å²) in [6.07, 6.45) is 0. The van der Waals surface area contributed by atoms with Gasteiger partial charge in [0.05, 0.1) is 12.5 Å². The molecule has 1 rings (SSSR count). The SMILES string of the molecule is CNC(c1ccc(F)cc1)C(C)(C)C(=O)OC. The fraction of sp³-hybridized carbons (Fsp3) is 0.462. The highest BCUT2D eigenvalue weighted by molar-refractivity contribution is 5.77. The van der Waals surface area contributed by atoms with Gasteiger partial charge in [-0.05, 0) is 38.6 Å². The lowest BCUT2D eigenvalue weighted by atomic mass is 9.80. The summed E-state index contributed by atoms with van der Waals surface area (Å²) >= 11 is 0. The molecule has 1 unspecified atom stereocenters. The Morgan fingerprint density at radius 3 is 2.29 bits per heavy atom. The van der Waals surface area contributed by atoms with E-state index in [1.165, 1.54) is 19.2 Å². The van der Waals surface area contributed by atoms with Crippen LogP contribution < -0.4 is 5.32 Å². The Bertz CT molecular complexity index is 387. The van der Waals surface area contributed by atoms with Crippen LogP contribution in [0.15, 0.2) is 24.3 Å². The molecule has 0 saturated carbocycles. The van der Waals surface area contributed by atoms with E-state index >= 15 is 0 Å². The molecule has 17 heavy (non-hydrogen) atoms. The maximum Gasteiger partial charge on any atom is 0.313 e. The number of nitrogens with one attached hydrogen (secondary N) is 1. The first-order valence-corrected chi connectivity index (χ1v) is 5.44. The maximum absolute atomic E-state index is 12.9. The monoisotopic (exact) mass is 239 g/mol. The zero-order valence-corrected chi connectivity index (χ0v) is 10.6. The molecule has 0 aromatic heterocycles. The van der Waals surface area contributed by atoms with E-state index in [1.807, 2.05) is 0 Å². The van der Waals surface area contributed by atoms with Gasteiger partial charge in [0.2, 0.25) is 0 Å². The predicted octanol–water partition coefficient (Wildman–Crippen LogP) is 2.29. The summed E-state index contributed by atoms with van der Waals surface area (Å²) in [4.78, 5) is 11.7. The molecule has 0 radical (unpaired) electrons. The van der Waals surface area contributed by atoms with Gasteiger partial charge < -0.3 is 10.1 Å². The topological polar surface area (TPSA) is 38.3 Å². The molecule has 0 aliphatic rings. The Morgan fingerprint density at radius 1 is 1.35 bits per heavy atom. The van der Waals surface area contributed by atoms with Crippen molar-refractivity contribution in [1.29, 1.82) is 0 Å². The van der Waals surface area contributed by atoms with Crippen molar-refractivity contribution in [2.45, 2.75) is 19.9 Å². The third kappa shape index (κ3) is 2.82. The van der Waals surface area contributed by atoms with Gasteiger partial charge in [0, 0.05) is 6.04 Å². The number of hydrogen-bond donors (Lipinski definition) is 1. The molecule has 1 aromatic carbocycles. The molecule has 1 N–H and O–H groups in total. The van der Waals surface area contributed by atoms with Gasteiger partial charge in [0.25, 0.3) is 0 Å². The van der Waals surface area contributed by atoms with Crippen molar-refractivity contribution in [3.8, 4) is 0 Å². The number of benzene rings is 1. The van der Waals surface area contributed by atoms with Gasteiger partial charge in [-0.2, -0.15) is 0 Å². The van der Waals surface area contributed by atoms with Crippen LogP contribution in [0, 0.1) is 11.2 Å². The minimum absolute atomic E-state index is 0.226. The van der Waals surface area contributed by atoms with Crippen molar-refractivity contribution < 1.29 is 13.9 Å². The van der Waals surface area contributed by atoms with Gasteiger partial charge in [0.1, 0.15) is 5.82 Å².